The zero-order valence-electron chi connectivity index (χ0n) is 10.7. The number of ether oxygens (including phenoxy) is 2. The average Bonchev–Trinajstić information content (AvgIpc) is 2.33. The van der Waals surface area contributed by atoms with Gasteiger partial charge in [0, 0.05) is 11.8 Å². The van der Waals surface area contributed by atoms with Crippen LogP contribution >= 0.6 is 0 Å². The second-order valence-electron chi connectivity index (χ2n) is 4.20. The summed E-state index contributed by atoms with van der Waals surface area (Å²) < 4.78 is 10.8. The van der Waals surface area contributed by atoms with Crippen molar-refractivity contribution in [2.45, 2.75) is 39.4 Å². The molecule has 0 aliphatic rings. The lowest BCUT2D eigenvalue weighted by Crippen LogP contribution is -2.12. The van der Waals surface area contributed by atoms with Crippen LogP contribution in [-0.4, -0.2) is 29.4 Å². The van der Waals surface area contributed by atoms with Crippen molar-refractivity contribution in [3.05, 3.63) is 24.0 Å². The summed E-state index contributed by atoms with van der Waals surface area (Å²) in [5.41, 5.74) is 0.722. The molecule has 1 atom stereocenters. The van der Waals surface area contributed by atoms with Crippen LogP contribution < -0.4 is 4.74 Å². The Labute approximate surface area is 103 Å². The van der Waals surface area contributed by atoms with E-state index < -0.39 is 6.10 Å². The Morgan fingerprint density at radius 2 is 2.12 bits per heavy atom. The Morgan fingerprint density at radius 1 is 1.35 bits per heavy atom. The smallest absolute Gasteiger partial charge is 0.137 e. The van der Waals surface area contributed by atoms with Crippen LogP contribution in [0.15, 0.2) is 18.5 Å². The summed E-state index contributed by atoms with van der Waals surface area (Å²) in [5.74, 6) is 0.688. The first kappa shape index (κ1) is 13.9. The van der Waals surface area contributed by atoms with Crippen LogP contribution in [0.5, 0.6) is 5.75 Å². The molecule has 0 bridgehead atoms. The van der Waals surface area contributed by atoms with Gasteiger partial charge in [-0.05, 0) is 26.3 Å². The fourth-order valence-electron chi connectivity index (χ4n) is 1.30. The number of rotatable bonds is 7. The molecule has 0 amide bonds. The minimum absolute atomic E-state index is 0.108. The van der Waals surface area contributed by atoms with Crippen molar-refractivity contribution in [3.8, 4) is 5.75 Å². The van der Waals surface area contributed by atoms with Crippen LogP contribution in [0.1, 0.15) is 38.9 Å². The molecule has 0 aromatic carbocycles. The maximum atomic E-state index is 9.90. The van der Waals surface area contributed by atoms with Crippen molar-refractivity contribution in [1.82, 2.24) is 4.98 Å². The van der Waals surface area contributed by atoms with E-state index >= 15 is 0 Å². The highest BCUT2D eigenvalue weighted by Gasteiger charge is 2.10. The fraction of sp³-hybridized carbons (Fsp3) is 0.615. The topological polar surface area (TPSA) is 51.6 Å². The van der Waals surface area contributed by atoms with Gasteiger partial charge in [0.2, 0.25) is 0 Å². The zero-order chi connectivity index (χ0) is 12.7. The van der Waals surface area contributed by atoms with Gasteiger partial charge in [-0.1, -0.05) is 6.92 Å². The molecule has 96 valence electrons. The van der Waals surface area contributed by atoms with Gasteiger partial charge in [0.1, 0.15) is 11.9 Å². The van der Waals surface area contributed by atoms with E-state index in [4.69, 9.17) is 9.47 Å². The van der Waals surface area contributed by atoms with Gasteiger partial charge < -0.3 is 14.6 Å². The fourth-order valence-corrected chi connectivity index (χ4v) is 1.30. The Morgan fingerprint density at radius 3 is 2.76 bits per heavy atom. The van der Waals surface area contributed by atoms with Crippen LogP contribution in [0.3, 0.4) is 0 Å². The van der Waals surface area contributed by atoms with E-state index in [-0.39, 0.29) is 12.7 Å². The van der Waals surface area contributed by atoms with Gasteiger partial charge in [-0.2, -0.15) is 0 Å². The molecule has 0 spiro atoms. The van der Waals surface area contributed by atoms with Crippen molar-refractivity contribution in [1.29, 1.82) is 0 Å². The van der Waals surface area contributed by atoms with Gasteiger partial charge >= 0.3 is 0 Å². The van der Waals surface area contributed by atoms with Crippen molar-refractivity contribution in [3.63, 3.8) is 0 Å². The normalized spacial score (nSPS) is 12.8. The molecular weight excluding hydrogens is 218 g/mol. The van der Waals surface area contributed by atoms with Crippen LogP contribution in [0.2, 0.25) is 0 Å². The van der Waals surface area contributed by atoms with Crippen molar-refractivity contribution < 1.29 is 14.6 Å². The molecule has 0 aliphatic heterocycles. The first-order valence-corrected chi connectivity index (χ1v) is 6.01. The lowest BCUT2D eigenvalue weighted by molar-refractivity contribution is 0.00472. The molecule has 0 radical (unpaired) electrons. The molecule has 1 heterocycles. The summed E-state index contributed by atoms with van der Waals surface area (Å²) in [5, 5.41) is 9.90. The third-order valence-corrected chi connectivity index (χ3v) is 2.18. The van der Waals surface area contributed by atoms with Gasteiger partial charge in [0.15, 0.2) is 0 Å². The van der Waals surface area contributed by atoms with Gasteiger partial charge in [-0.25, -0.2) is 0 Å². The predicted molar refractivity (Wildman–Crippen MR) is 66.1 cm³/mol. The Hall–Kier alpha value is -1.13. The van der Waals surface area contributed by atoms with Gasteiger partial charge in [-0.3, -0.25) is 4.98 Å². The summed E-state index contributed by atoms with van der Waals surface area (Å²) >= 11 is 0. The molecule has 1 unspecified atom stereocenters. The molecule has 1 aromatic rings. The number of hydrogen-bond donors (Lipinski definition) is 1. The molecular formula is C13H21NO3. The quantitative estimate of drug-likeness (QED) is 0.793. The van der Waals surface area contributed by atoms with E-state index in [0.29, 0.717) is 12.4 Å². The maximum absolute atomic E-state index is 9.90. The molecule has 1 N–H and O–H groups in total. The molecule has 4 heteroatoms. The molecule has 0 saturated carbocycles. The Bertz CT molecular complexity index is 328. The molecule has 0 aliphatic carbocycles. The van der Waals surface area contributed by atoms with Crippen molar-refractivity contribution in [2.24, 2.45) is 0 Å². The third kappa shape index (κ3) is 5.15. The van der Waals surface area contributed by atoms with Crippen molar-refractivity contribution >= 4 is 0 Å². The summed E-state index contributed by atoms with van der Waals surface area (Å²) in [6, 6.07) is 1.80. The number of aromatic nitrogens is 1. The maximum Gasteiger partial charge on any atom is 0.137 e. The Kier molecular flexibility index (Phi) is 5.94. The highest BCUT2D eigenvalue weighted by Crippen LogP contribution is 2.18. The monoisotopic (exact) mass is 239 g/mol. The molecule has 17 heavy (non-hydrogen) atoms. The SMILES string of the molecule is CCCOc1cncc(C(O)COC(C)C)c1. The van der Waals surface area contributed by atoms with E-state index in [1.165, 1.54) is 0 Å². The first-order chi connectivity index (χ1) is 8.13. The van der Waals surface area contributed by atoms with Crippen LogP contribution in [0.4, 0.5) is 0 Å². The molecule has 4 nitrogen and oxygen atoms in total. The largest absolute Gasteiger partial charge is 0.492 e. The summed E-state index contributed by atoms with van der Waals surface area (Å²) in [7, 11) is 0. The first-order valence-electron chi connectivity index (χ1n) is 6.01. The standard InChI is InChI=1S/C13H21NO3/c1-4-5-16-12-6-11(7-14-8-12)13(15)9-17-10(2)3/h6-8,10,13,15H,4-5,9H2,1-3H3. The summed E-state index contributed by atoms with van der Waals surface area (Å²) in [6.07, 6.45) is 3.68. The van der Waals surface area contributed by atoms with Gasteiger partial charge in [-0.15, -0.1) is 0 Å². The highest BCUT2D eigenvalue weighted by molar-refractivity contribution is 5.25. The number of hydrogen-bond acceptors (Lipinski definition) is 4. The third-order valence-electron chi connectivity index (χ3n) is 2.18. The predicted octanol–water partition coefficient (Wildman–Crippen LogP) is 2.33. The Balaban J connectivity index is 2.57. The number of pyridine rings is 1. The van der Waals surface area contributed by atoms with E-state index in [0.717, 1.165) is 12.0 Å². The van der Waals surface area contributed by atoms with Gasteiger partial charge in [0.25, 0.3) is 0 Å². The lowest BCUT2D eigenvalue weighted by atomic mass is 10.2. The highest BCUT2D eigenvalue weighted by atomic mass is 16.5. The number of aliphatic hydroxyl groups excluding tert-OH is 1. The van der Waals surface area contributed by atoms with Crippen LogP contribution in [0, 0.1) is 0 Å². The number of aliphatic hydroxyl groups is 1. The molecule has 1 aromatic heterocycles. The zero-order valence-corrected chi connectivity index (χ0v) is 10.7. The second-order valence-corrected chi connectivity index (χ2v) is 4.20. The second kappa shape index (κ2) is 7.25. The molecule has 1 rings (SSSR count). The van der Waals surface area contributed by atoms with E-state index in [2.05, 4.69) is 4.98 Å². The summed E-state index contributed by atoms with van der Waals surface area (Å²) in [6.45, 7) is 6.85. The molecule has 0 fully saturated rings. The minimum atomic E-state index is -0.657. The van der Waals surface area contributed by atoms with E-state index in [1.807, 2.05) is 20.8 Å². The van der Waals surface area contributed by atoms with E-state index in [1.54, 1.807) is 18.5 Å². The van der Waals surface area contributed by atoms with E-state index in [9.17, 15) is 5.11 Å². The van der Waals surface area contributed by atoms with Gasteiger partial charge in [0.05, 0.1) is 25.5 Å². The number of nitrogens with zero attached hydrogens (tertiary/aromatic N) is 1. The van der Waals surface area contributed by atoms with Crippen LogP contribution in [0.25, 0.3) is 0 Å². The molecule has 0 saturated heterocycles. The lowest BCUT2D eigenvalue weighted by Gasteiger charge is -2.14. The minimum Gasteiger partial charge on any atom is -0.492 e. The van der Waals surface area contributed by atoms with Crippen LogP contribution in [-0.2, 0) is 4.74 Å². The van der Waals surface area contributed by atoms with Crippen molar-refractivity contribution in [2.75, 3.05) is 13.2 Å². The average molecular weight is 239 g/mol. The summed E-state index contributed by atoms with van der Waals surface area (Å²) in [4.78, 5) is 4.05.